The molecule has 3 unspecified atom stereocenters. The van der Waals surface area contributed by atoms with Crippen LogP contribution in [0.5, 0.6) is 0 Å². The lowest BCUT2D eigenvalue weighted by Gasteiger charge is -2.13. The summed E-state index contributed by atoms with van der Waals surface area (Å²) in [6.07, 6.45) is 1.70. The number of ether oxygens (including phenoxy) is 1. The molecule has 0 aliphatic rings. The second-order valence-corrected chi connectivity index (χ2v) is 5.43. The van der Waals surface area contributed by atoms with Crippen molar-refractivity contribution in [3.05, 3.63) is 0 Å². The molecule has 0 aromatic carbocycles. The molecule has 3 nitrogen and oxygen atoms in total. The van der Waals surface area contributed by atoms with Crippen LogP contribution in [0.2, 0.25) is 0 Å². The fourth-order valence-corrected chi connectivity index (χ4v) is 2.50. The van der Waals surface area contributed by atoms with Crippen molar-refractivity contribution in [2.45, 2.75) is 38.0 Å². The van der Waals surface area contributed by atoms with Crippen molar-refractivity contribution in [3.8, 4) is 0 Å². The van der Waals surface area contributed by atoms with Gasteiger partial charge in [0.1, 0.15) is 0 Å². The Labute approximate surface area is 83.5 Å². The van der Waals surface area contributed by atoms with E-state index in [1.165, 1.54) is 0 Å². The summed E-state index contributed by atoms with van der Waals surface area (Å²) >= 11 is 0. The van der Waals surface area contributed by atoms with Gasteiger partial charge in [0.15, 0.2) is 0 Å². The van der Waals surface area contributed by atoms with Crippen LogP contribution in [0.1, 0.15) is 26.7 Å². The van der Waals surface area contributed by atoms with Crippen LogP contribution in [-0.2, 0) is 15.5 Å². The molecule has 80 valence electrons. The van der Waals surface area contributed by atoms with E-state index in [2.05, 4.69) is 0 Å². The van der Waals surface area contributed by atoms with Gasteiger partial charge >= 0.3 is 0 Å². The molecule has 2 N–H and O–H groups in total. The fourth-order valence-electron chi connectivity index (χ4n) is 1.18. The van der Waals surface area contributed by atoms with Crippen LogP contribution in [0.3, 0.4) is 0 Å². The Bertz CT molecular complexity index is 151. The maximum absolute atomic E-state index is 11.6. The van der Waals surface area contributed by atoms with Gasteiger partial charge in [-0.1, -0.05) is 6.92 Å². The summed E-state index contributed by atoms with van der Waals surface area (Å²) in [4.78, 5) is 0. The van der Waals surface area contributed by atoms with Crippen LogP contribution >= 0.6 is 0 Å². The molecule has 13 heavy (non-hydrogen) atoms. The zero-order chi connectivity index (χ0) is 10.3. The van der Waals surface area contributed by atoms with Crippen molar-refractivity contribution < 1.29 is 8.95 Å². The molecular formula is C9H21NO2S. The number of nitrogens with two attached hydrogens (primary N) is 1. The van der Waals surface area contributed by atoms with E-state index < -0.39 is 10.8 Å². The van der Waals surface area contributed by atoms with Crippen LogP contribution < -0.4 is 5.73 Å². The highest BCUT2D eigenvalue weighted by Gasteiger charge is 2.12. The molecule has 0 aromatic rings. The minimum Gasteiger partial charge on any atom is -0.385 e. The van der Waals surface area contributed by atoms with Crippen molar-refractivity contribution >= 4 is 10.8 Å². The smallest absolute Gasteiger partial charge is 0.0471 e. The zero-order valence-electron chi connectivity index (χ0n) is 8.79. The Kier molecular flexibility index (Phi) is 7.51. The van der Waals surface area contributed by atoms with Crippen LogP contribution in [-0.4, -0.2) is 35.0 Å². The summed E-state index contributed by atoms with van der Waals surface area (Å²) in [5.74, 6) is 0.724. The quantitative estimate of drug-likeness (QED) is 0.631. The molecule has 0 heterocycles. The predicted octanol–water partition coefficient (Wildman–Crippen LogP) is 0.897. The van der Waals surface area contributed by atoms with Gasteiger partial charge in [-0.15, -0.1) is 0 Å². The molecule has 0 fully saturated rings. The number of methoxy groups -OCH3 is 1. The van der Waals surface area contributed by atoms with E-state index in [-0.39, 0.29) is 11.3 Å². The van der Waals surface area contributed by atoms with Crippen LogP contribution in [0.15, 0.2) is 0 Å². The summed E-state index contributed by atoms with van der Waals surface area (Å²) < 4.78 is 16.4. The van der Waals surface area contributed by atoms with Crippen LogP contribution in [0.25, 0.3) is 0 Å². The Morgan fingerprint density at radius 2 is 2.08 bits per heavy atom. The largest absolute Gasteiger partial charge is 0.385 e. The SMILES string of the molecule is COCCCS(=O)C(C)CC(C)N. The van der Waals surface area contributed by atoms with Gasteiger partial charge in [0.25, 0.3) is 0 Å². The van der Waals surface area contributed by atoms with Gasteiger partial charge in [-0.25, -0.2) is 0 Å². The van der Waals surface area contributed by atoms with Gasteiger partial charge in [0.05, 0.1) is 0 Å². The molecule has 0 bridgehead atoms. The lowest BCUT2D eigenvalue weighted by Crippen LogP contribution is -2.25. The van der Waals surface area contributed by atoms with Gasteiger partial charge < -0.3 is 10.5 Å². The molecule has 0 aliphatic heterocycles. The average Bonchev–Trinajstić information content (AvgIpc) is 2.03. The third-order valence-electron chi connectivity index (χ3n) is 1.85. The van der Waals surface area contributed by atoms with Gasteiger partial charge in [-0.05, 0) is 19.8 Å². The van der Waals surface area contributed by atoms with Gasteiger partial charge in [-0.2, -0.15) is 0 Å². The first-order chi connectivity index (χ1) is 6.07. The Morgan fingerprint density at radius 1 is 1.46 bits per heavy atom. The summed E-state index contributed by atoms with van der Waals surface area (Å²) in [5.41, 5.74) is 5.63. The van der Waals surface area contributed by atoms with E-state index >= 15 is 0 Å². The minimum absolute atomic E-state index is 0.140. The van der Waals surface area contributed by atoms with E-state index in [4.69, 9.17) is 10.5 Å². The maximum Gasteiger partial charge on any atom is 0.0471 e. The lowest BCUT2D eigenvalue weighted by atomic mass is 10.2. The van der Waals surface area contributed by atoms with Gasteiger partial charge in [-0.3, -0.25) is 4.21 Å². The number of hydrogen-bond donors (Lipinski definition) is 1. The predicted molar refractivity (Wildman–Crippen MR) is 57.2 cm³/mol. The number of hydrogen-bond acceptors (Lipinski definition) is 3. The molecule has 4 heteroatoms. The second-order valence-electron chi connectivity index (χ2n) is 3.45. The van der Waals surface area contributed by atoms with E-state index in [1.54, 1.807) is 7.11 Å². The van der Waals surface area contributed by atoms with Gasteiger partial charge in [0.2, 0.25) is 0 Å². The average molecular weight is 207 g/mol. The summed E-state index contributed by atoms with van der Waals surface area (Å²) in [5, 5.41) is 0.205. The Balaban J connectivity index is 3.57. The van der Waals surface area contributed by atoms with Gasteiger partial charge in [0, 0.05) is 41.6 Å². The Morgan fingerprint density at radius 3 is 2.54 bits per heavy atom. The molecule has 0 aliphatic carbocycles. The van der Waals surface area contributed by atoms with Crippen LogP contribution in [0.4, 0.5) is 0 Å². The molecule has 0 rings (SSSR count). The summed E-state index contributed by atoms with van der Waals surface area (Å²) in [7, 11) is 0.914. The second kappa shape index (κ2) is 7.47. The fraction of sp³-hybridized carbons (Fsp3) is 1.00. The first-order valence-corrected chi connectivity index (χ1v) is 6.07. The zero-order valence-corrected chi connectivity index (χ0v) is 9.60. The highest BCUT2D eigenvalue weighted by molar-refractivity contribution is 7.85. The van der Waals surface area contributed by atoms with Crippen molar-refractivity contribution in [1.29, 1.82) is 0 Å². The maximum atomic E-state index is 11.6. The third kappa shape index (κ3) is 7.16. The molecule has 3 atom stereocenters. The standard InChI is InChI=1S/C9H21NO2S/c1-8(10)7-9(2)13(11)6-4-5-12-3/h8-9H,4-7,10H2,1-3H3. The molecule has 0 spiro atoms. The first kappa shape index (κ1) is 13.1. The molecular weight excluding hydrogens is 186 g/mol. The first-order valence-electron chi connectivity index (χ1n) is 4.69. The summed E-state index contributed by atoms with van der Waals surface area (Å²) in [6.45, 7) is 4.63. The van der Waals surface area contributed by atoms with Crippen LogP contribution in [0, 0.1) is 0 Å². The Hall–Kier alpha value is 0.0700. The number of rotatable bonds is 7. The molecule has 0 radical (unpaired) electrons. The monoisotopic (exact) mass is 207 g/mol. The van der Waals surface area contributed by atoms with Crippen molar-refractivity contribution in [2.75, 3.05) is 19.5 Å². The molecule has 0 aromatic heterocycles. The van der Waals surface area contributed by atoms with E-state index in [1.807, 2.05) is 13.8 Å². The highest BCUT2D eigenvalue weighted by Crippen LogP contribution is 2.05. The lowest BCUT2D eigenvalue weighted by molar-refractivity contribution is 0.200. The molecule has 0 saturated heterocycles. The topological polar surface area (TPSA) is 52.3 Å². The normalized spacial score (nSPS) is 18.2. The molecule has 0 amide bonds. The van der Waals surface area contributed by atoms with Crippen molar-refractivity contribution in [3.63, 3.8) is 0 Å². The van der Waals surface area contributed by atoms with Crippen molar-refractivity contribution in [2.24, 2.45) is 5.73 Å². The minimum atomic E-state index is -0.747. The van der Waals surface area contributed by atoms with E-state index in [0.29, 0.717) is 6.61 Å². The third-order valence-corrected chi connectivity index (χ3v) is 3.63. The highest BCUT2D eigenvalue weighted by atomic mass is 32.2. The molecule has 0 saturated carbocycles. The van der Waals surface area contributed by atoms with Crippen molar-refractivity contribution in [1.82, 2.24) is 0 Å². The van der Waals surface area contributed by atoms with E-state index in [9.17, 15) is 4.21 Å². The van der Waals surface area contributed by atoms with E-state index in [0.717, 1.165) is 18.6 Å². The summed E-state index contributed by atoms with van der Waals surface area (Å²) in [6, 6.07) is 0.140.